The Morgan fingerprint density at radius 3 is 2.43 bits per heavy atom. The van der Waals surface area contributed by atoms with Gasteiger partial charge in [0.25, 0.3) is 0 Å². The molecular formula is C19H18FN3. The predicted octanol–water partition coefficient (Wildman–Crippen LogP) is 4.49. The summed E-state index contributed by atoms with van der Waals surface area (Å²) in [7, 11) is 0. The summed E-state index contributed by atoms with van der Waals surface area (Å²) < 4.78 is 14.1. The molecule has 0 heterocycles. The molecule has 23 heavy (non-hydrogen) atoms. The smallest absolute Gasteiger partial charge is 0.193 e. The van der Waals surface area contributed by atoms with Gasteiger partial charge in [0.2, 0.25) is 0 Å². The van der Waals surface area contributed by atoms with E-state index >= 15 is 0 Å². The van der Waals surface area contributed by atoms with Gasteiger partial charge in [0, 0.05) is 11.1 Å². The van der Waals surface area contributed by atoms with Crippen molar-refractivity contribution in [2.45, 2.75) is 6.17 Å². The van der Waals surface area contributed by atoms with Gasteiger partial charge >= 0.3 is 0 Å². The first kappa shape index (κ1) is 15.0. The molecule has 1 atom stereocenters. The van der Waals surface area contributed by atoms with Crippen LogP contribution in [0.25, 0.3) is 10.8 Å². The molecule has 3 N–H and O–H groups in total. The maximum absolute atomic E-state index is 14.1. The SMILES string of the molecule is N=C(NCC(F)c1ccccc1)Nc1cccc2ccccc12. The quantitative estimate of drug-likeness (QED) is 0.491. The Kier molecular flexibility index (Phi) is 4.52. The molecule has 116 valence electrons. The van der Waals surface area contributed by atoms with E-state index in [9.17, 15) is 4.39 Å². The summed E-state index contributed by atoms with van der Waals surface area (Å²) in [5, 5.41) is 15.9. The molecule has 0 saturated heterocycles. The third-order valence-electron chi connectivity index (χ3n) is 3.67. The number of benzene rings is 3. The van der Waals surface area contributed by atoms with Gasteiger partial charge in [0.15, 0.2) is 5.96 Å². The highest BCUT2D eigenvalue weighted by molar-refractivity contribution is 6.02. The number of rotatable bonds is 4. The molecule has 0 aliphatic rings. The van der Waals surface area contributed by atoms with Crippen molar-refractivity contribution in [3.8, 4) is 0 Å². The van der Waals surface area contributed by atoms with Gasteiger partial charge in [-0.15, -0.1) is 0 Å². The fourth-order valence-corrected chi connectivity index (χ4v) is 2.48. The summed E-state index contributed by atoms with van der Waals surface area (Å²) in [5.74, 6) is 0.0833. The van der Waals surface area contributed by atoms with Gasteiger partial charge < -0.3 is 10.6 Å². The molecule has 1 unspecified atom stereocenters. The van der Waals surface area contributed by atoms with Crippen LogP contribution in [-0.2, 0) is 0 Å². The van der Waals surface area contributed by atoms with Crippen LogP contribution >= 0.6 is 0 Å². The van der Waals surface area contributed by atoms with Crippen LogP contribution < -0.4 is 10.6 Å². The minimum atomic E-state index is -1.15. The lowest BCUT2D eigenvalue weighted by Gasteiger charge is -2.14. The lowest BCUT2D eigenvalue weighted by molar-refractivity contribution is 0.342. The van der Waals surface area contributed by atoms with Gasteiger partial charge in [-0.1, -0.05) is 66.7 Å². The van der Waals surface area contributed by atoms with Crippen LogP contribution in [0.15, 0.2) is 72.8 Å². The first-order valence-electron chi connectivity index (χ1n) is 7.50. The minimum Gasteiger partial charge on any atom is -0.353 e. The van der Waals surface area contributed by atoms with Crippen molar-refractivity contribution in [2.75, 3.05) is 11.9 Å². The van der Waals surface area contributed by atoms with Crippen LogP contribution in [0.2, 0.25) is 0 Å². The van der Waals surface area contributed by atoms with E-state index in [-0.39, 0.29) is 12.5 Å². The Bertz CT molecular complexity index is 797. The topological polar surface area (TPSA) is 47.9 Å². The fourth-order valence-electron chi connectivity index (χ4n) is 2.48. The Labute approximate surface area is 134 Å². The maximum atomic E-state index is 14.1. The molecule has 0 aliphatic heterocycles. The van der Waals surface area contributed by atoms with Crippen LogP contribution in [0, 0.1) is 5.41 Å². The molecule has 0 aliphatic carbocycles. The van der Waals surface area contributed by atoms with E-state index in [2.05, 4.69) is 10.6 Å². The summed E-state index contributed by atoms with van der Waals surface area (Å²) in [6.07, 6.45) is -1.15. The maximum Gasteiger partial charge on any atom is 0.193 e. The molecule has 4 heteroatoms. The van der Waals surface area contributed by atoms with Crippen LogP contribution in [0.4, 0.5) is 10.1 Å². The van der Waals surface area contributed by atoms with Crippen molar-refractivity contribution in [3.05, 3.63) is 78.4 Å². The predicted molar refractivity (Wildman–Crippen MR) is 93.6 cm³/mol. The summed E-state index contributed by atoms with van der Waals surface area (Å²) >= 11 is 0. The van der Waals surface area contributed by atoms with E-state index in [1.54, 1.807) is 12.1 Å². The highest BCUT2D eigenvalue weighted by Gasteiger charge is 2.10. The largest absolute Gasteiger partial charge is 0.353 e. The second kappa shape index (κ2) is 6.92. The number of nitrogens with one attached hydrogen (secondary N) is 3. The zero-order chi connectivity index (χ0) is 16.1. The van der Waals surface area contributed by atoms with Gasteiger partial charge in [-0.05, 0) is 17.0 Å². The Morgan fingerprint density at radius 1 is 0.913 bits per heavy atom. The molecule has 3 rings (SSSR count). The van der Waals surface area contributed by atoms with Gasteiger partial charge in [-0.2, -0.15) is 0 Å². The fraction of sp³-hybridized carbons (Fsp3) is 0.105. The average Bonchev–Trinajstić information content (AvgIpc) is 2.61. The molecular weight excluding hydrogens is 289 g/mol. The third kappa shape index (κ3) is 3.66. The second-order valence-corrected chi connectivity index (χ2v) is 5.29. The van der Waals surface area contributed by atoms with Crippen LogP contribution in [0.3, 0.4) is 0 Å². The molecule has 3 aromatic rings. The summed E-state index contributed by atoms with van der Waals surface area (Å²) in [6, 6.07) is 22.8. The Hall–Kier alpha value is -2.88. The number of guanidine groups is 1. The first-order valence-corrected chi connectivity index (χ1v) is 7.50. The minimum absolute atomic E-state index is 0.0562. The van der Waals surface area contributed by atoms with Crippen molar-refractivity contribution < 1.29 is 4.39 Å². The van der Waals surface area contributed by atoms with Crippen molar-refractivity contribution in [1.82, 2.24) is 5.32 Å². The standard InChI is InChI=1S/C19H18FN3/c20-17(15-8-2-1-3-9-15)13-22-19(21)23-18-12-6-10-14-7-4-5-11-16(14)18/h1-12,17H,13H2,(H3,21,22,23). The van der Waals surface area contributed by atoms with E-state index in [0.29, 0.717) is 5.56 Å². The zero-order valence-electron chi connectivity index (χ0n) is 12.6. The summed E-state index contributed by atoms with van der Waals surface area (Å²) in [5.41, 5.74) is 1.44. The molecule has 0 spiro atoms. The van der Waals surface area contributed by atoms with Crippen molar-refractivity contribution in [3.63, 3.8) is 0 Å². The van der Waals surface area contributed by atoms with Crippen LogP contribution in [-0.4, -0.2) is 12.5 Å². The number of halogens is 1. The molecule has 0 aromatic heterocycles. The molecule has 3 nitrogen and oxygen atoms in total. The third-order valence-corrected chi connectivity index (χ3v) is 3.67. The number of hydrogen-bond acceptors (Lipinski definition) is 1. The summed E-state index contributed by atoms with van der Waals surface area (Å²) in [6.45, 7) is 0.0562. The van der Waals surface area contributed by atoms with E-state index in [4.69, 9.17) is 5.41 Å². The molecule has 0 bridgehead atoms. The highest BCUT2D eigenvalue weighted by atomic mass is 19.1. The molecule has 0 amide bonds. The second-order valence-electron chi connectivity index (χ2n) is 5.29. The molecule has 3 aromatic carbocycles. The average molecular weight is 307 g/mol. The Morgan fingerprint density at radius 2 is 1.61 bits per heavy atom. The molecule has 0 radical (unpaired) electrons. The normalized spacial score (nSPS) is 11.9. The Balaban J connectivity index is 1.63. The first-order chi connectivity index (χ1) is 11.2. The van der Waals surface area contributed by atoms with Crippen molar-refractivity contribution in [1.29, 1.82) is 5.41 Å². The van der Waals surface area contributed by atoms with Gasteiger partial charge in [-0.3, -0.25) is 5.41 Å². The van der Waals surface area contributed by atoms with Crippen LogP contribution in [0.5, 0.6) is 0 Å². The van der Waals surface area contributed by atoms with E-state index in [1.807, 2.05) is 60.7 Å². The lowest BCUT2D eigenvalue weighted by Crippen LogP contribution is -2.32. The van der Waals surface area contributed by atoms with Crippen LogP contribution in [0.1, 0.15) is 11.7 Å². The van der Waals surface area contributed by atoms with E-state index < -0.39 is 6.17 Å². The molecule has 0 saturated carbocycles. The van der Waals surface area contributed by atoms with Gasteiger partial charge in [-0.25, -0.2) is 4.39 Å². The lowest BCUT2D eigenvalue weighted by atomic mass is 10.1. The van der Waals surface area contributed by atoms with Crippen molar-refractivity contribution in [2.24, 2.45) is 0 Å². The van der Waals surface area contributed by atoms with E-state index in [0.717, 1.165) is 16.5 Å². The molecule has 0 fully saturated rings. The van der Waals surface area contributed by atoms with Gasteiger partial charge in [0.05, 0.1) is 6.54 Å². The van der Waals surface area contributed by atoms with Gasteiger partial charge in [0.1, 0.15) is 6.17 Å². The highest BCUT2D eigenvalue weighted by Crippen LogP contribution is 2.22. The number of hydrogen-bond donors (Lipinski definition) is 3. The number of anilines is 1. The number of fused-ring (bicyclic) bond motifs is 1. The van der Waals surface area contributed by atoms with E-state index in [1.165, 1.54) is 0 Å². The number of alkyl halides is 1. The zero-order valence-corrected chi connectivity index (χ0v) is 12.6. The summed E-state index contributed by atoms with van der Waals surface area (Å²) in [4.78, 5) is 0. The van der Waals surface area contributed by atoms with Crippen molar-refractivity contribution >= 4 is 22.4 Å². The monoisotopic (exact) mass is 307 g/mol.